The third-order valence-corrected chi connectivity index (χ3v) is 2.60. The average Bonchev–Trinajstić information content (AvgIpc) is 2.67. The van der Waals surface area contributed by atoms with Gasteiger partial charge in [-0.15, -0.1) is 0 Å². The van der Waals surface area contributed by atoms with Crippen molar-refractivity contribution < 1.29 is 13.6 Å². The first-order valence-corrected chi connectivity index (χ1v) is 5.01. The first-order chi connectivity index (χ1) is 7.59. The maximum atomic E-state index is 13.0. The SMILES string of the molecule is Cc1ccc(F)cc1C(=O)c1ccoc1Cl. The number of carbonyl (C=O) groups is 1. The van der Waals surface area contributed by atoms with Crippen molar-refractivity contribution in [3.05, 3.63) is 58.3 Å². The minimum absolute atomic E-state index is 0.0219. The minimum atomic E-state index is -0.450. The van der Waals surface area contributed by atoms with Crippen LogP contribution in [0.4, 0.5) is 4.39 Å². The number of hydrogen-bond donors (Lipinski definition) is 0. The standard InChI is InChI=1S/C12H8ClFO2/c1-7-2-3-8(14)6-10(7)11(15)9-4-5-16-12(9)13/h2-6H,1H3. The fraction of sp³-hybridized carbons (Fsp3) is 0.0833. The summed E-state index contributed by atoms with van der Waals surface area (Å²) in [4.78, 5) is 12.0. The Kier molecular flexibility index (Phi) is 2.79. The molecule has 0 N–H and O–H groups in total. The van der Waals surface area contributed by atoms with Crippen LogP contribution in [-0.2, 0) is 0 Å². The molecule has 0 saturated heterocycles. The lowest BCUT2D eigenvalue weighted by Gasteiger charge is -2.03. The molecular weight excluding hydrogens is 231 g/mol. The van der Waals surface area contributed by atoms with Gasteiger partial charge in [0.15, 0.2) is 5.78 Å². The van der Waals surface area contributed by atoms with Crippen LogP contribution in [-0.4, -0.2) is 5.78 Å². The molecule has 0 bridgehead atoms. The summed E-state index contributed by atoms with van der Waals surface area (Å²) in [7, 11) is 0. The molecule has 1 aromatic heterocycles. The maximum Gasteiger partial charge on any atom is 0.204 e. The number of carbonyl (C=O) groups excluding carboxylic acids is 1. The van der Waals surface area contributed by atoms with Crippen LogP contribution in [0, 0.1) is 12.7 Å². The lowest BCUT2D eigenvalue weighted by atomic mass is 10.0. The predicted octanol–water partition coefficient (Wildman–Crippen LogP) is 3.61. The van der Waals surface area contributed by atoms with Crippen LogP contribution in [0.15, 0.2) is 34.9 Å². The second-order valence-electron chi connectivity index (χ2n) is 3.40. The first kappa shape index (κ1) is 10.9. The summed E-state index contributed by atoms with van der Waals surface area (Å²) in [5.74, 6) is -0.788. The van der Waals surface area contributed by atoms with Crippen molar-refractivity contribution in [2.24, 2.45) is 0 Å². The van der Waals surface area contributed by atoms with Gasteiger partial charge in [0.25, 0.3) is 0 Å². The van der Waals surface area contributed by atoms with Gasteiger partial charge in [-0.05, 0) is 42.3 Å². The van der Waals surface area contributed by atoms with Crippen LogP contribution in [0.25, 0.3) is 0 Å². The van der Waals surface area contributed by atoms with E-state index < -0.39 is 5.82 Å². The van der Waals surface area contributed by atoms with Gasteiger partial charge < -0.3 is 4.42 Å². The molecule has 0 atom stereocenters. The number of hydrogen-bond acceptors (Lipinski definition) is 2. The molecule has 0 fully saturated rings. The Bertz CT molecular complexity index is 546. The molecule has 2 nitrogen and oxygen atoms in total. The molecule has 0 aliphatic rings. The van der Waals surface area contributed by atoms with E-state index in [1.807, 2.05) is 0 Å². The van der Waals surface area contributed by atoms with E-state index in [4.69, 9.17) is 16.0 Å². The van der Waals surface area contributed by atoms with E-state index in [1.54, 1.807) is 13.0 Å². The summed E-state index contributed by atoms with van der Waals surface area (Å²) >= 11 is 5.70. The van der Waals surface area contributed by atoms with Gasteiger partial charge in [0.05, 0.1) is 11.8 Å². The third-order valence-electron chi connectivity index (χ3n) is 2.31. The van der Waals surface area contributed by atoms with Gasteiger partial charge in [0.1, 0.15) is 5.82 Å². The lowest BCUT2D eigenvalue weighted by Crippen LogP contribution is -2.03. The molecule has 1 heterocycles. The zero-order valence-electron chi connectivity index (χ0n) is 8.46. The highest BCUT2D eigenvalue weighted by molar-refractivity contribution is 6.33. The number of halogens is 2. The van der Waals surface area contributed by atoms with E-state index in [1.165, 1.54) is 24.5 Å². The highest BCUT2D eigenvalue weighted by atomic mass is 35.5. The van der Waals surface area contributed by atoms with E-state index >= 15 is 0 Å². The van der Waals surface area contributed by atoms with Crippen LogP contribution < -0.4 is 0 Å². The molecule has 4 heteroatoms. The molecule has 0 radical (unpaired) electrons. The Morgan fingerprint density at radius 1 is 1.31 bits per heavy atom. The van der Waals surface area contributed by atoms with Crippen LogP contribution in [0.3, 0.4) is 0 Å². The third kappa shape index (κ3) is 1.86. The van der Waals surface area contributed by atoms with Crippen molar-refractivity contribution in [2.45, 2.75) is 6.92 Å². The Hall–Kier alpha value is -1.61. The van der Waals surface area contributed by atoms with Gasteiger partial charge in [0, 0.05) is 5.56 Å². The maximum absolute atomic E-state index is 13.0. The van der Waals surface area contributed by atoms with Crippen molar-refractivity contribution in [1.29, 1.82) is 0 Å². The molecule has 16 heavy (non-hydrogen) atoms. The summed E-state index contributed by atoms with van der Waals surface area (Å²) in [6, 6.07) is 5.52. The largest absolute Gasteiger partial charge is 0.452 e. The van der Waals surface area contributed by atoms with Crippen LogP contribution >= 0.6 is 11.6 Å². The second kappa shape index (κ2) is 4.10. The summed E-state index contributed by atoms with van der Waals surface area (Å²) < 4.78 is 17.9. The van der Waals surface area contributed by atoms with Gasteiger partial charge in [-0.25, -0.2) is 4.39 Å². The van der Waals surface area contributed by atoms with Gasteiger partial charge in [0.2, 0.25) is 5.22 Å². The molecule has 0 unspecified atom stereocenters. The summed E-state index contributed by atoms with van der Waals surface area (Å²) in [6.45, 7) is 1.74. The highest BCUT2D eigenvalue weighted by Gasteiger charge is 2.17. The quantitative estimate of drug-likeness (QED) is 0.748. The number of aryl methyl sites for hydroxylation is 1. The molecule has 2 rings (SSSR count). The van der Waals surface area contributed by atoms with Crippen molar-refractivity contribution in [1.82, 2.24) is 0 Å². The minimum Gasteiger partial charge on any atom is -0.452 e. The summed E-state index contributed by atoms with van der Waals surface area (Å²) in [5.41, 5.74) is 1.24. The van der Waals surface area contributed by atoms with Gasteiger partial charge in [-0.3, -0.25) is 4.79 Å². The molecule has 0 saturated carbocycles. The second-order valence-corrected chi connectivity index (χ2v) is 3.74. The molecule has 2 aromatic rings. The van der Waals surface area contributed by atoms with Crippen molar-refractivity contribution >= 4 is 17.4 Å². The van der Waals surface area contributed by atoms with E-state index in [9.17, 15) is 9.18 Å². The highest BCUT2D eigenvalue weighted by Crippen LogP contribution is 2.22. The van der Waals surface area contributed by atoms with E-state index in [-0.39, 0.29) is 16.6 Å². The monoisotopic (exact) mass is 238 g/mol. The molecule has 1 aromatic carbocycles. The zero-order chi connectivity index (χ0) is 11.7. The first-order valence-electron chi connectivity index (χ1n) is 4.63. The topological polar surface area (TPSA) is 30.2 Å². The summed E-state index contributed by atoms with van der Waals surface area (Å²) in [5, 5.41) is 0.0219. The number of benzene rings is 1. The van der Waals surface area contributed by atoms with Crippen molar-refractivity contribution in [3.63, 3.8) is 0 Å². The Morgan fingerprint density at radius 2 is 2.06 bits per heavy atom. The molecule has 0 amide bonds. The molecular formula is C12H8ClFO2. The predicted molar refractivity (Wildman–Crippen MR) is 58.3 cm³/mol. The average molecular weight is 239 g/mol. The Morgan fingerprint density at radius 3 is 2.69 bits per heavy atom. The van der Waals surface area contributed by atoms with Gasteiger partial charge in [-0.2, -0.15) is 0 Å². The number of furan rings is 1. The fourth-order valence-electron chi connectivity index (χ4n) is 1.44. The van der Waals surface area contributed by atoms with Crippen molar-refractivity contribution in [3.8, 4) is 0 Å². The van der Waals surface area contributed by atoms with E-state index in [0.29, 0.717) is 11.1 Å². The number of ketones is 1. The van der Waals surface area contributed by atoms with Gasteiger partial charge in [-0.1, -0.05) is 6.07 Å². The fourth-order valence-corrected chi connectivity index (χ4v) is 1.64. The molecule has 0 aliphatic carbocycles. The van der Waals surface area contributed by atoms with Gasteiger partial charge >= 0.3 is 0 Å². The molecule has 0 spiro atoms. The van der Waals surface area contributed by atoms with Crippen LogP contribution in [0.5, 0.6) is 0 Å². The zero-order valence-corrected chi connectivity index (χ0v) is 9.22. The Labute approximate surface area is 96.6 Å². The number of rotatable bonds is 2. The van der Waals surface area contributed by atoms with Crippen molar-refractivity contribution in [2.75, 3.05) is 0 Å². The van der Waals surface area contributed by atoms with Crippen LogP contribution in [0.1, 0.15) is 21.5 Å². The smallest absolute Gasteiger partial charge is 0.204 e. The lowest BCUT2D eigenvalue weighted by molar-refractivity contribution is 0.103. The van der Waals surface area contributed by atoms with E-state index in [0.717, 1.165) is 0 Å². The normalized spacial score (nSPS) is 10.4. The van der Waals surface area contributed by atoms with E-state index in [2.05, 4.69) is 0 Å². The molecule has 0 aliphatic heterocycles. The summed E-state index contributed by atoms with van der Waals surface area (Å²) in [6.07, 6.45) is 1.32. The Balaban J connectivity index is 2.49. The molecule has 82 valence electrons. The van der Waals surface area contributed by atoms with Crippen LogP contribution in [0.2, 0.25) is 5.22 Å².